The number of aryl methyl sites for hydroxylation is 2. The number of hydrogen-bond donors (Lipinski definition) is 0. The summed E-state index contributed by atoms with van der Waals surface area (Å²) in [5.41, 5.74) is 3.89. The Morgan fingerprint density at radius 2 is 1.81 bits per heavy atom. The maximum Gasteiger partial charge on any atom is 0.338 e. The van der Waals surface area contributed by atoms with Crippen LogP contribution in [-0.4, -0.2) is 16.2 Å². The highest BCUT2D eigenvalue weighted by molar-refractivity contribution is 6.30. The van der Waals surface area contributed by atoms with Gasteiger partial charge in [-0.2, -0.15) is 0 Å². The van der Waals surface area contributed by atoms with Gasteiger partial charge in [-0.25, -0.2) is 4.79 Å². The highest BCUT2D eigenvalue weighted by Crippen LogP contribution is 2.23. The largest absolute Gasteiger partial charge is 0.452 e. The predicted molar refractivity (Wildman–Crippen MR) is 96.9 cm³/mol. The second-order valence-electron chi connectivity index (χ2n) is 6.27. The molecule has 1 aliphatic carbocycles. The van der Waals surface area contributed by atoms with E-state index in [2.05, 4.69) is 10.2 Å². The Bertz CT molecular complexity index is 934. The topological polar surface area (TPSA) is 65.2 Å². The summed E-state index contributed by atoms with van der Waals surface area (Å²) >= 11 is 5.87. The second kappa shape index (κ2) is 7.30. The van der Waals surface area contributed by atoms with Gasteiger partial charge in [0, 0.05) is 10.6 Å². The molecule has 0 radical (unpaired) electrons. The van der Waals surface area contributed by atoms with Gasteiger partial charge in [-0.15, -0.1) is 10.2 Å². The van der Waals surface area contributed by atoms with Gasteiger partial charge in [0.2, 0.25) is 5.89 Å². The molecule has 4 rings (SSSR count). The normalized spacial score (nSPS) is 13.3. The Balaban J connectivity index is 1.41. The lowest BCUT2D eigenvalue weighted by molar-refractivity contribution is 0.0438. The molecule has 5 nitrogen and oxygen atoms in total. The smallest absolute Gasteiger partial charge is 0.338 e. The molecule has 0 N–H and O–H groups in total. The molecule has 0 fully saturated rings. The van der Waals surface area contributed by atoms with Crippen LogP contribution in [0.3, 0.4) is 0 Å². The van der Waals surface area contributed by atoms with Crippen LogP contribution in [-0.2, 0) is 24.2 Å². The maximum atomic E-state index is 12.3. The fourth-order valence-corrected chi connectivity index (χ4v) is 3.22. The van der Waals surface area contributed by atoms with E-state index in [1.54, 1.807) is 24.3 Å². The lowest BCUT2D eigenvalue weighted by Gasteiger charge is -2.16. The summed E-state index contributed by atoms with van der Waals surface area (Å²) in [6.45, 7) is -0.0590. The standard InChI is InChI=1S/C20H17ClN2O3/c21-17-9-7-14(8-10-17)19-23-22-18(26-19)12-25-20(24)16-6-5-13-3-1-2-4-15(13)11-16/h5-11H,1-4,12H2. The van der Waals surface area contributed by atoms with Crippen molar-refractivity contribution in [2.24, 2.45) is 0 Å². The zero-order chi connectivity index (χ0) is 17.9. The highest BCUT2D eigenvalue weighted by atomic mass is 35.5. The third-order valence-electron chi connectivity index (χ3n) is 4.47. The summed E-state index contributed by atoms with van der Waals surface area (Å²) in [6.07, 6.45) is 4.48. The van der Waals surface area contributed by atoms with Crippen molar-refractivity contribution in [3.63, 3.8) is 0 Å². The number of ether oxygens (including phenoxy) is 1. The number of hydrogen-bond acceptors (Lipinski definition) is 5. The van der Waals surface area contributed by atoms with Gasteiger partial charge in [0.25, 0.3) is 5.89 Å². The van der Waals surface area contributed by atoms with E-state index >= 15 is 0 Å². The number of benzene rings is 2. The summed E-state index contributed by atoms with van der Waals surface area (Å²) < 4.78 is 10.9. The van der Waals surface area contributed by atoms with E-state index in [-0.39, 0.29) is 18.5 Å². The zero-order valence-electron chi connectivity index (χ0n) is 14.1. The van der Waals surface area contributed by atoms with Crippen LogP contribution in [0.1, 0.15) is 40.2 Å². The molecule has 0 bridgehead atoms. The molecule has 0 spiro atoms. The Morgan fingerprint density at radius 1 is 1.04 bits per heavy atom. The number of halogens is 1. The van der Waals surface area contributed by atoms with E-state index in [9.17, 15) is 4.79 Å². The molecule has 1 aliphatic rings. The monoisotopic (exact) mass is 368 g/mol. The fourth-order valence-electron chi connectivity index (χ4n) is 3.09. The van der Waals surface area contributed by atoms with Crippen molar-refractivity contribution < 1.29 is 13.9 Å². The third kappa shape index (κ3) is 3.63. The Kier molecular flexibility index (Phi) is 4.71. The number of aromatic nitrogens is 2. The van der Waals surface area contributed by atoms with Gasteiger partial charge in [-0.1, -0.05) is 17.7 Å². The first-order valence-electron chi connectivity index (χ1n) is 8.56. The van der Waals surface area contributed by atoms with E-state index in [0.717, 1.165) is 18.4 Å². The summed E-state index contributed by atoms with van der Waals surface area (Å²) in [4.78, 5) is 12.3. The van der Waals surface area contributed by atoms with E-state index in [0.29, 0.717) is 16.5 Å². The molecule has 132 valence electrons. The highest BCUT2D eigenvalue weighted by Gasteiger charge is 2.15. The van der Waals surface area contributed by atoms with Gasteiger partial charge in [-0.3, -0.25) is 0 Å². The zero-order valence-corrected chi connectivity index (χ0v) is 14.8. The first-order chi connectivity index (χ1) is 12.7. The van der Waals surface area contributed by atoms with E-state index in [4.69, 9.17) is 20.8 Å². The fraction of sp³-hybridized carbons (Fsp3) is 0.250. The van der Waals surface area contributed by atoms with Gasteiger partial charge in [0.05, 0.1) is 5.56 Å². The van der Waals surface area contributed by atoms with E-state index in [1.807, 2.05) is 18.2 Å². The van der Waals surface area contributed by atoms with Gasteiger partial charge < -0.3 is 9.15 Å². The van der Waals surface area contributed by atoms with Crippen molar-refractivity contribution in [3.8, 4) is 11.5 Å². The molecule has 0 atom stereocenters. The molecule has 3 aromatic rings. The Morgan fingerprint density at radius 3 is 2.62 bits per heavy atom. The van der Waals surface area contributed by atoms with Crippen LogP contribution in [0.5, 0.6) is 0 Å². The molecule has 0 aliphatic heterocycles. The van der Waals surface area contributed by atoms with Crippen LogP contribution in [0.4, 0.5) is 0 Å². The maximum absolute atomic E-state index is 12.3. The lowest BCUT2D eigenvalue weighted by Crippen LogP contribution is -2.09. The Labute approximate surface area is 156 Å². The summed E-state index contributed by atoms with van der Waals surface area (Å²) in [5.74, 6) is 0.229. The van der Waals surface area contributed by atoms with Gasteiger partial charge in [0.15, 0.2) is 6.61 Å². The van der Waals surface area contributed by atoms with Crippen molar-refractivity contribution in [2.75, 3.05) is 0 Å². The summed E-state index contributed by atoms with van der Waals surface area (Å²) in [5, 5.41) is 8.53. The molecular formula is C20H17ClN2O3. The molecule has 0 amide bonds. The van der Waals surface area contributed by atoms with Crippen molar-refractivity contribution in [2.45, 2.75) is 32.3 Å². The van der Waals surface area contributed by atoms with Gasteiger partial charge in [0.1, 0.15) is 0 Å². The van der Waals surface area contributed by atoms with Crippen LogP contribution in [0.15, 0.2) is 46.9 Å². The first kappa shape index (κ1) is 16.8. The molecule has 1 heterocycles. The summed E-state index contributed by atoms with van der Waals surface area (Å²) in [6, 6.07) is 12.9. The van der Waals surface area contributed by atoms with Gasteiger partial charge in [-0.05, 0) is 73.2 Å². The molecule has 2 aromatic carbocycles. The lowest BCUT2D eigenvalue weighted by atomic mass is 9.90. The second-order valence-corrected chi connectivity index (χ2v) is 6.71. The number of esters is 1. The molecule has 0 saturated heterocycles. The van der Waals surface area contributed by atoms with E-state index < -0.39 is 0 Å². The number of carbonyl (C=O) groups is 1. The average Bonchev–Trinajstić information content (AvgIpc) is 3.15. The molecule has 0 saturated carbocycles. The van der Waals surface area contributed by atoms with E-state index in [1.165, 1.54) is 24.0 Å². The predicted octanol–water partition coefficient (Wildman–Crippen LogP) is 4.63. The summed E-state index contributed by atoms with van der Waals surface area (Å²) in [7, 11) is 0. The number of fused-ring (bicyclic) bond motifs is 1. The SMILES string of the molecule is O=C(OCc1nnc(-c2ccc(Cl)cc2)o1)c1ccc2c(c1)CCCC2. The van der Waals surface area contributed by atoms with Crippen molar-refractivity contribution in [3.05, 3.63) is 70.1 Å². The minimum Gasteiger partial charge on any atom is -0.452 e. The number of carbonyl (C=O) groups excluding carboxylic acids is 1. The number of rotatable bonds is 4. The minimum absolute atomic E-state index is 0.0590. The molecule has 0 unspecified atom stereocenters. The van der Waals surface area contributed by atoms with Crippen molar-refractivity contribution >= 4 is 17.6 Å². The van der Waals surface area contributed by atoms with Crippen LogP contribution in [0.2, 0.25) is 5.02 Å². The molecular weight excluding hydrogens is 352 g/mol. The van der Waals surface area contributed by atoms with Crippen LogP contribution >= 0.6 is 11.6 Å². The Hall–Kier alpha value is -2.66. The van der Waals surface area contributed by atoms with Gasteiger partial charge >= 0.3 is 5.97 Å². The van der Waals surface area contributed by atoms with Crippen molar-refractivity contribution in [1.82, 2.24) is 10.2 Å². The van der Waals surface area contributed by atoms with Crippen LogP contribution in [0.25, 0.3) is 11.5 Å². The first-order valence-corrected chi connectivity index (χ1v) is 8.94. The van der Waals surface area contributed by atoms with Crippen molar-refractivity contribution in [1.29, 1.82) is 0 Å². The quantitative estimate of drug-likeness (QED) is 0.628. The molecule has 26 heavy (non-hydrogen) atoms. The minimum atomic E-state index is -0.385. The molecule has 6 heteroatoms. The van der Waals surface area contributed by atoms with Crippen LogP contribution < -0.4 is 0 Å². The van der Waals surface area contributed by atoms with Crippen LogP contribution in [0, 0.1) is 0 Å². The number of nitrogens with zero attached hydrogens (tertiary/aromatic N) is 2. The average molecular weight is 369 g/mol. The molecule has 1 aromatic heterocycles. The third-order valence-corrected chi connectivity index (χ3v) is 4.72.